The molecule has 0 unspecified atom stereocenters. The Kier molecular flexibility index (Phi) is 8.45. The van der Waals surface area contributed by atoms with Crippen molar-refractivity contribution in [2.75, 3.05) is 47.2 Å². The molecule has 20 heavy (non-hydrogen) atoms. The first-order valence-electron chi connectivity index (χ1n) is 7.00. The van der Waals surface area contributed by atoms with E-state index in [0.717, 1.165) is 31.9 Å². The van der Waals surface area contributed by atoms with Gasteiger partial charge in [-0.3, -0.25) is 4.68 Å². The van der Waals surface area contributed by atoms with Crippen molar-refractivity contribution >= 4 is 0 Å². The van der Waals surface area contributed by atoms with E-state index in [1.165, 1.54) is 11.3 Å². The molecule has 0 spiro atoms. The van der Waals surface area contributed by atoms with Crippen LogP contribution in [0.1, 0.15) is 17.0 Å². The molecule has 0 saturated carbocycles. The van der Waals surface area contributed by atoms with Crippen molar-refractivity contribution in [2.45, 2.75) is 26.9 Å². The second-order valence-corrected chi connectivity index (χ2v) is 4.65. The average Bonchev–Trinajstić information content (AvgIpc) is 2.70. The topological polar surface area (TPSA) is 57.5 Å². The highest BCUT2D eigenvalue weighted by molar-refractivity contribution is 5.24. The first kappa shape index (κ1) is 17.1. The molecule has 116 valence electrons. The average molecular weight is 285 g/mol. The molecule has 1 rings (SSSR count). The van der Waals surface area contributed by atoms with Crippen molar-refractivity contribution in [1.29, 1.82) is 0 Å². The molecule has 0 fully saturated rings. The molecule has 1 N–H and O–H groups in total. The van der Waals surface area contributed by atoms with E-state index in [1.807, 2.05) is 11.6 Å². The maximum atomic E-state index is 5.48. The lowest BCUT2D eigenvalue weighted by Gasteiger charge is -2.07. The first-order valence-corrected chi connectivity index (χ1v) is 7.00. The summed E-state index contributed by atoms with van der Waals surface area (Å²) < 4.78 is 17.4. The van der Waals surface area contributed by atoms with Crippen LogP contribution in [0.5, 0.6) is 0 Å². The van der Waals surface area contributed by atoms with E-state index in [1.54, 1.807) is 14.2 Å². The lowest BCUT2D eigenvalue weighted by atomic mass is 10.2. The number of aromatic nitrogens is 2. The fourth-order valence-electron chi connectivity index (χ4n) is 1.99. The predicted molar refractivity (Wildman–Crippen MR) is 78.0 cm³/mol. The molecule has 1 aromatic heterocycles. The van der Waals surface area contributed by atoms with Crippen LogP contribution in [0.15, 0.2) is 0 Å². The Morgan fingerprint density at radius 1 is 1.05 bits per heavy atom. The fourth-order valence-corrected chi connectivity index (χ4v) is 1.99. The van der Waals surface area contributed by atoms with Gasteiger partial charge in [-0.25, -0.2) is 0 Å². The Balaban J connectivity index is 2.40. The van der Waals surface area contributed by atoms with Crippen molar-refractivity contribution in [3.05, 3.63) is 17.0 Å². The highest BCUT2D eigenvalue weighted by Gasteiger charge is 2.10. The van der Waals surface area contributed by atoms with Gasteiger partial charge in [-0.05, 0) is 13.8 Å². The molecular formula is C14H27N3O3. The molecule has 0 aliphatic heterocycles. The van der Waals surface area contributed by atoms with Gasteiger partial charge in [0.25, 0.3) is 0 Å². The van der Waals surface area contributed by atoms with Crippen LogP contribution in [-0.4, -0.2) is 57.0 Å². The number of ether oxygens (including phenoxy) is 3. The van der Waals surface area contributed by atoms with Gasteiger partial charge in [0.1, 0.15) is 0 Å². The van der Waals surface area contributed by atoms with Gasteiger partial charge in [0.05, 0.1) is 38.7 Å². The normalized spacial score (nSPS) is 11.2. The lowest BCUT2D eigenvalue weighted by molar-refractivity contribution is 0.0651. The van der Waals surface area contributed by atoms with Gasteiger partial charge in [-0.15, -0.1) is 0 Å². The molecule has 0 saturated heterocycles. The van der Waals surface area contributed by atoms with E-state index < -0.39 is 0 Å². The summed E-state index contributed by atoms with van der Waals surface area (Å²) in [7, 11) is 3.38. The van der Waals surface area contributed by atoms with Crippen LogP contribution in [0.25, 0.3) is 0 Å². The summed E-state index contributed by atoms with van der Waals surface area (Å²) in [6.07, 6.45) is 0. The highest BCUT2D eigenvalue weighted by atomic mass is 16.5. The van der Waals surface area contributed by atoms with Crippen molar-refractivity contribution in [2.24, 2.45) is 0 Å². The van der Waals surface area contributed by atoms with Gasteiger partial charge >= 0.3 is 0 Å². The summed E-state index contributed by atoms with van der Waals surface area (Å²) in [5, 5.41) is 7.92. The second-order valence-electron chi connectivity index (χ2n) is 4.65. The van der Waals surface area contributed by atoms with Crippen molar-refractivity contribution in [1.82, 2.24) is 15.1 Å². The zero-order valence-corrected chi connectivity index (χ0v) is 13.1. The SMILES string of the molecule is COCCNCc1c(C)nn(CCOCCOC)c1C. The number of methoxy groups -OCH3 is 2. The van der Waals surface area contributed by atoms with Crippen LogP contribution in [0, 0.1) is 13.8 Å². The predicted octanol–water partition coefficient (Wildman–Crippen LogP) is 0.899. The maximum absolute atomic E-state index is 5.48. The number of aryl methyl sites for hydroxylation is 1. The van der Waals surface area contributed by atoms with E-state index in [2.05, 4.69) is 17.3 Å². The summed E-state index contributed by atoms with van der Waals surface area (Å²) >= 11 is 0. The van der Waals surface area contributed by atoms with E-state index in [0.29, 0.717) is 19.8 Å². The highest BCUT2D eigenvalue weighted by Crippen LogP contribution is 2.12. The Morgan fingerprint density at radius 3 is 2.50 bits per heavy atom. The van der Waals surface area contributed by atoms with E-state index >= 15 is 0 Å². The molecule has 0 radical (unpaired) electrons. The number of hydrogen-bond acceptors (Lipinski definition) is 5. The molecule has 6 nitrogen and oxygen atoms in total. The van der Waals surface area contributed by atoms with Crippen LogP contribution in [0.3, 0.4) is 0 Å². The van der Waals surface area contributed by atoms with Crippen LogP contribution in [0.2, 0.25) is 0 Å². The maximum Gasteiger partial charge on any atom is 0.0701 e. The number of rotatable bonds is 11. The molecule has 0 aromatic carbocycles. The minimum absolute atomic E-state index is 0.626. The molecule has 6 heteroatoms. The number of nitrogens with one attached hydrogen (secondary N) is 1. The van der Waals surface area contributed by atoms with Gasteiger partial charge in [-0.1, -0.05) is 0 Å². The molecule has 0 aliphatic carbocycles. The monoisotopic (exact) mass is 285 g/mol. The Hall–Kier alpha value is -0.950. The quantitative estimate of drug-likeness (QED) is 0.612. The van der Waals surface area contributed by atoms with E-state index in [-0.39, 0.29) is 0 Å². The third-order valence-corrected chi connectivity index (χ3v) is 3.20. The lowest BCUT2D eigenvalue weighted by Crippen LogP contribution is -2.19. The Morgan fingerprint density at radius 2 is 1.80 bits per heavy atom. The second kappa shape index (κ2) is 9.88. The summed E-state index contributed by atoms with van der Waals surface area (Å²) in [6, 6.07) is 0. The van der Waals surface area contributed by atoms with Crippen LogP contribution in [-0.2, 0) is 27.3 Å². The number of nitrogens with zero attached hydrogens (tertiary/aromatic N) is 2. The summed E-state index contributed by atoms with van der Waals surface area (Å²) in [5.74, 6) is 0. The summed E-state index contributed by atoms with van der Waals surface area (Å²) in [6.45, 7) is 9.22. The molecule has 1 aromatic rings. The largest absolute Gasteiger partial charge is 0.383 e. The molecular weight excluding hydrogens is 258 g/mol. The van der Waals surface area contributed by atoms with E-state index in [4.69, 9.17) is 14.2 Å². The first-order chi connectivity index (χ1) is 9.70. The van der Waals surface area contributed by atoms with Gasteiger partial charge in [0.2, 0.25) is 0 Å². The van der Waals surface area contributed by atoms with Gasteiger partial charge in [0.15, 0.2) is 0 Å². The van der Waals surface area contributed by atoms with Crippen molar-refractivity contribution in [3.63, 3.8) is 0 Å². The molecule has 0 bridgehead atoms. The molecule has 0 atom stereocenters. The van der Waals surface area contributed by atoms with Crippen molar-refractivity contribution < 1.29 is 14.2 Å². The Bertz CT molecular complexity index is 380. The third-order valence-electron chi connectivity index (χ3n) is 3.20. The Labute approximate surface area is 121 Å². The van der Waals surface area contributed by atoms with Gasteiger partial charge in [0, 0.05) is 38.6 Å². The molecule has 1 heterocycles. The van der Waals surface area contributed by atoms with Gasteiger partial charge < -0.3 is 19.5 Å². The minimum Gasteiger partial charge on any atom is -0.383 e. The zero-order chi connectivity index (χ0) is 14.8. The van der Waals surface area contributed by atoms with Crippen molar-refractivity contribution in [3.8, 4) is 0 Å². The van der Waals surface area contributed by atoms with Crippen LogP contribution < -0.4 is 5.32 Å². The smallest absolute Gasteiger partial charge is 0.0701 e. The third kappa shape index (κ3) is 5.58. The summed E-state index contributed by atoms with van der Waals surface area (Å²) in [4.78, 5) is 0. The van der Waals surface area contributed by atoms with Crippen LogP contribution >= 0.6 is 0 Å². The minimum atomic E-state index is 0.626. The molecule has 0 amide bonds. The van der Waals surface area contributed by atoms with Crippen LogP contribution in [0.4, 0.5) is 0 Å². The molecule has 0 aliphatic rings. The fraction of sp³-hybridized carbons (Fsp3) is 0.786. The van der Waals surface area contributed by atoms with E-state index in [9.17, 15) is 0 Å². The number of hydrogen-bond donors (Lipinski definition) is 1. The summed E-state index contributed by atoms with van der Waals surface area (Å²) in [5.41, 5.74) is 3.53. The zero-order valence-electron chi connectivity index (χ0n) is 13.1. The standard InChI is InChI=1S/C14H27N3O3/c1-12-14(11-15-5-7-18-3)13(2)17(16-12)6-8-20-10-9-19-4/h15H,5-11H2,1-4H3. The van der Waals surface area contributed by atoms with Gasteiger partial charge in [-0.2, -0.15) is 5.10 Å².